The summed E-state index contributed by atoms with van der Waals surface area (Å²) in [5.74, 6) is 0.320. The van der Waals surface area contributed by atoms with Gasteiger partial charge in [-0.1, -0.05) is 18.2 Å². The smallest absolute Gasteiger partial charge is 0.290 e. The molecule has 0 amide bonds. The van der Waals surface area contributed by atoms with Crippen molar-refractivity contribution in [2.75, 3.05) is 11.8 Å². The van der Waals surface area contributed by atoms with Gasteiger partial charge in [0.05, 0.1) is 17.7 Å². The molecule has 0 heterocycles. The van der Waals surface area contributed by atoms with Crippen LogP contribution in [0.5, 0.6) is 5.75 Å². The molecule has 0 aliphatic rings. The fourth-order valence-corrected chi connectivity index (χ4v) is 3.15. The molecule has 0 fully saturated rings. The van der Waals surface area contributed by atoms with Crippen molar-refractivity contribution in [1.29, 1.82) is 0 Å². The van der Waals surface area contributed by atoms with Crippen LogP contribution in [0.25, 0.3) is 0 Å². The number of sulfonamides is 1. The van der Waals surface area contributed by atoms with E-state index in [0.717, 1.165) is 0 Å². The molecule has 0 spiro atoms. The molecule has 0 bridgehead atoms. The molecule has 0 saturated carbocycles. The molecule has 0 radical (unpaired) electrons. The van der Waals surface area contributed by atoms with Gasteiger partial charge in [0.15, 0.2) is 4.90 Å². The lowest BCUT2D eigenvalue weighted by atomic mass is 10.2. The van der Waals surface area contributed by atoms with E-state index in [1.165, 1.54) is 31.4 Å². The van der Waals surface area contributed by atoms with Gasteiger partial charge in [0.25, 0.3) is 15.7 Å². The molecule has 2 rings (SSSR count). The van der Waals surface area contributed by atoms with Crippen molar-refractivity contribution in [3.8, 4) is 5.75 Å². The van der Waals surface area contributed by atoms with Crippen molar-refractivity contribution in [2.24, 2.45) is 0 Å². The van der Waals surface area contributed by atoms with Gasteiger partial charge >= 0.3 is 0 Å². The fraction of sp³-hybridized carbons (Fsp3) is 0.143. The van der Waals surface area contributed by atoms with E-state index in [2.05, 4.69) is 4.72 Å². The second-order valence-electron chi connectivity index (χ2n) is 4.53. The summed E-state index contributed by atoms with van der Waals surface area (Å²) < 4.78 is 32.2. The van der Waals surface area contributed by atoms with Crippen molar-refractivity contribution < 1.29 is 18.1 Å². The van der Waals surface area contributed by atoms with Gasteiger partial charge in [-0.15, -0.1) is 0 Å². The maximum Gasteiger partial charge on any atom is 0.290 e. The van der Waals surface area contributed by atoms with E-state index in [1.54, 1.807) is 25.1 Å². The Labute approximate surface area is 127 Å². The molecule has 0 saturated heterocycles. The molecule has 1 N–H and O–H groups in total. The minimum atomic E-state index is -4.11. The zero-order valence-corrected chi connectivity index (χ0v) is 12.8. The molecule has 7 nitrogen and oxygen atoms in total. The van der Waals surface area contributed by atoms with Gasteiger partial charge in [-0.2, -0.15) is 0 Å². The number of nitrogens with zero attached hydrogens (tertiary/aromatic N) is 1. The second kappa shape index (κ2) is 6.02. The number of ether oxygens (including phenoxy) is 1. The van der Waals surface area contributed by atoms with Crippen LogP contribution in [0.15, 0.2) is 47.4 Å². The van der Waals surface area contributed by atoms with Crippen LogP contribution < -0.4 is 9.46 Å². The molecule has 0 aliphatic carbocycles. The summed E-state index contributed by atoms with van der Waals surface area (Å²) in [5.41, 5.74) is 0.338. The minimum Gasteiger partial charge on any atom is -0.495 e. The first-order chi connectivity index (χ1) is 10.3. The quantitative estimate of drug-likeness (QED) is 0.674. The van der Waals surface area contributed by atoms with Crippen molar-refractivity contribution >= 4 is 21.4 Å². The predicted molar refractivity (Wildman–Crippen MR) is 81.6 cm³/mol. The first kappa shape index (κ1) is 15.8. The van der Waals surface area contributed by atoms with Crippen LogP contribution in [0.1, 0.15) is 5.56 Å². The normalized spacial score (nSPS) is 11.0. The Balaban J connectivity index is 2.50. The van der Waals surface area contributed by atoms with Crippen molar-refractivity contribution in [3.05, 3.63) is 58.1 Å². The summed E-state index contributed by atoms with van der Waals surface area (Å²) in [4.78, 5) is 9.97. The van der Waals surface area contributed by atoms with Gasteiger partial charge < -0.3 is 4.74 Å². The van der Waals surface area contributed by atoms with Crippen LogP contribution in [-0.2, 0) is 10.0 Å². The molecular weight excluding hydrogens is 308 g/mol. The van der Waals surface area contributed by atoms with Crippen LogP contribution in [0.2, 0.25) is 0 Å². The first-order valence-corrected chi connectivity index (χ1v) is 7.74. The molecule has 0 aliphatic heterocycles. The third kappa shape index (κ3) is 3.17. The van der Waals surface area contributed by atoms with E-state index < -0.39 is 25.5 Å². The summed E-state index contributed by atoms with van der Waals surface area (Å²) in [6.07, 6.45) is 0. The van der Waals surface area contributed by atoms with E-state index in [1.807, 2.05) is 0 Å². The molecule has 0 unspecified atom stereocenters. The number of benzene rings is 2. The van der Waals surface area contributed by atoms with Crippen LogP contribution in [0, 0.1) is 17.0 Å². The van der Waals surface area contributed by atoms with Crippen LogP contribution in [0.4, 0.5) is 11.4 Å². The SMILES string of the molecule is COc1ccccc1NS(=O)(=O)c1ccc(C)cc1[N+](=O)[O-]. The van der Waals surface area contributed by atoms with E-state index in [-0.39, 0.29) is 5.69 Å². The summed E-state index contributed by atoms with van der Waals surface area (Å²) in [6, 6.07) is 10.3. The lowest BCUT2D eigenvalue weighted by molar-refractivity contribution is -0.387. The number of para-hydroxylation sites is 2. The highest BCUT2D eigenvalue weighted by Gasteiger charge is 2.26. The van der Waals surface area contributed by atoms with E-state index in [4.69, 9.17) is 4.74 Å². The topological polar surface area (TPSA) is 98.5 Å². The Kier molecular flexibility index (Phi) is 4.32. The van der Waals surface area contributed by atoms with E-state index in [0.29, 0.717) is 11.3 Å². The standard InChI is InChI=1S/C14H14N2O5S/c1-10-7-8-14(12(9-10)16(17)18)22(19,20)15-11-5-3-4-6-13(11)21-2/h3-9,15H,1-2H3. The van der Waals surface area contributed by atoms with Gasteiger partial charge in [-0.05, 0) is 30.7 Å². The van der Waals surface area contributed by atoms with Gasteiger partial charge in [0.2, 0.25) is 0 Å². The number of rotatable bonds is 5. The number of hydrogen-bond acceptors (Lipinski definition) is 5. The molecule has 116 valence electrons. The lowest BCUT2D eigenvalue weighted by Gasteiger charge is -2.12. The summed E-state index contributed by atoms with van der Waals surface area (Å²) >= 11 is 0. The largest absolute Gasteiger partial charge is 0.495 e. The molecule has 2 aromatic carbocycles. The highest BCUT2D eigenvalue weighted by atomic mass is 32.2. The zero-order chi connectivity index (χ0) is 16.3. The van der Waals surface area contributed by atoms with Crippen molar-refractivity contribution in [3.63, 3.8) is 0 Å². The number of nitro benzene ring substituents is 1. The Hall–Kier alpha value is -2.61. The zero-order valence-electron chi connectivity index (χ0n) is 11.9. The second-order valence-corrected chi connectivity index (χ2v) is 6.18. The van der Waals surface area contributed by atoms with Crippen molar-refractivity contribution in [1.82, 2.24) is 0 Å². The minimum absolute atomic E-state index is 0.208. The third-order valence-corrected chi connectivity index (χ3v) is 4.36. The number of aryl methyl sites for hydroxylation is 1. The Morgan fingerprint density at radius 2 is 1.86 bits per heavy atom. The maximum absolute atomic E-state index is 12.4. The first-order valence-electron chi connectivity index (χ1n) is 6.26. The maximum atomic E-state index is 12.4. The average molecular weight is 322 g/mol. The summed E-state index contributed by atoms with van der Waals surface area (Å²) in [5, 5.41) is 11.1. The number of nitro groups is 1. The molecular formula is C14H14N2O5S. The Morgan fingerprint density at radius 1 is 1.18 bits per heavy atom. The van der Waals surface area contributed by atoms with Gasteiger partial charge in [-0.25, -0.2) is 8.42 Å². The molecule has 22 heavy (non-hydrogen) atoms. The number of nitrogens with one attached hydrogen (secondary N) is 1. The van der Waals surface area contributed by atoms with E-state index >= 15 is 0 Å². The fourth-order valence-electron chi connectivity index (χ4n) is 1.93. The van der Waals surface area contributed by atoms with Crippen LogP contribution in [-0.4, -0.2) is 20.5 Å². The van der Waals surface area contributed by atoms with Gasteiger partial charge in [0, 0.05) is 6.07 Å². The molecule has 0 atom stereocenters. The molecule has 0 aromatic heterocycles. The van der Waals surface area contributed by atoms with Crippen LogP contribution >= 0.6 is 0 Å². The average Bonchev–Trinajstić information content (AvgIpc) is 2.47. The summed E-state index contributed by atoms with van der Waals surface area (Å²) in [6.45, 7) is 1.65. The summed E-state index contributed by atoms with van der Waals surface area (Å²) in [7, 11) is -2.71. The lowest BCUT2D eigenvalue weighted by Crippen LogP contribution is -2.15. The Bertz CT molecular complexity index is 818. The monoisotopic (exact) mass is 322 g/mol. The highest BCUT2D eigenvalue weighted by molar-refractivity contribution is 7.92. The molecule has 2 aromatic rings. The number of methoxy groups -OCH3 is 1. The highest BCUT2D eigenvalue weighted by Crippen LogP contribution is 2.30. The number of anilines is 1. The third-order valence-electron chi connectivity index (χ3n) is 2.95. The van der Waals surface area contributed by atoms with E-state index in [9.17, 15) is 18.5 Å². The molecule has 8 heteroatoms. The van der Waals surface area contributed by atoms with Gasteiger partial charge in [0.1, 0.15) is 5.75 Å². The Morgan fingerprint density at radius 3 is 2.50 bits per heavy atom. The number of hydrogen-bond donors (Lipinski definition) is 1. The van der Waals surface area contributed by atoms with Gasteiger partial charge in [-0.3, -0.25) is 14.8 Å². The van der Waals surface area contributed by atoms with Crippen molar-refractivity contribution in [2.45, 2.75) is 11.8 Å². The predicted octanol–water partition coefficient (Wildman–Crippen LogP) is 2.71. The van der Waals surface area contributed by atoms with Crippen LogP contribution in [0.3, 0.4) is 0 Å².